The van der Waals surface area contributed by atoms with Crippen LogP contribution in [0.3, 0.4) is 0 Å². The van der Waals surface area contributed by atoms with Crippen molar-refractivity contribution in [2.75, 3.05) is 7.05 Å². The standard InChI is InChI=1S/C21H16ClF2N5O/c1-29-19(30)21(28-20(29)25,14-2-3-27-18(8-14)9-23)15-4-12(5-16(22)7-15)13-6-17(24)11-26-10-13/h2-8,10-11H,9H2,1H3,(H2,25,28). The number of halogens is 3. The summed E-state index contributed by atoms with van der Waals surface area (Å²) < 4.78 is 27.0. The Morgan fingerprint density at radius 1 is 1.13 bits per heavy atom. The van der Waals surface area contributed by atoms with Crippen molar-refractivity contribution in [2.45, 2.75) is 12.2 Å². The number of benzene rings is 1. The highest BCUT2D eigenvalue weighted by Gasteiger charge is 2.50. The summed E-state index contributed by atoms with van der Waals surface area (Å²) in [5, 5.41) is 0.307. The van der Waals surface area contributed by atoms with Gasteiger partial charge in [0.1, 0.15) is 12.5 Å². The molecule has 9 heteroatoms. The first-order valence-corrected chi connectivity index (χ1v) is 9.30. The number of aromatic nitrogens is 2. The minimum atomic E-state index is -1.58. The SMILES string of the molecule is CN1C(=O)C(c2cc(Cl)cc(-c3cncc(F)c3)c2)(c2ccnc(CF)c2)N=C1N. The number of amides is 1. The Morgan fingerprint density at radius 3 is 2.60 bits per heavy atom. The van der Waals surface area contributed by atoms with Gasteiger partial charge in [0, 0.05) is 30.0 Å². The third-order valence-electron chi connectivity index (χ3n) is 4.97. The van der Waals surface area contributed by atoms with Gasteiger partial charge in [-0.15, -0.1) is 0 Å². The number of nitrogens with two attached hydrogens (primary N) is 1. The summed E-state index contributed by atoms with van der Waals surface area (Å²) in [4.78, 5) is 26.9. The van der Waals surface area contributed by atoms with Crippen LogP contribution in [0.1, 0.15) is 16.8 Å². The normalized spacial score (nSPS) is 18.6. The van der Waals surface area contributed by atoms with E-state index in [4.69, 9.17) is 17.3 Å². The molecule has 1 aliphatic rings. The summed E-state index contributed by atoms with van der Waals surface area (Å²) in [6, 6.07) is 9.25. The number of hydrogen-bond donors (Lipinski definition) is 1. The Morgan fingerprint density at radius 2 is 1.93 bits per heavy atom. The van der Waals surface area contributed by atoms with E-state index in [1.165, 1.54) is 36.5 Å². The average molecular weight is 428 g/mol. The average Bonchev–Trinajstić information content (AvgIpc) is 2.98. The number of rotatable bonds is 4. The minimum absolute atomic E-state index is 0.00700. The number of nitrogens with zero attached hydrogens (tertiary/aromatic N) is 4. The van der Waals surface area contributed by atoms with Crippen molar-refractivity contribution >= 4 is 23.5 Å². The summed E-state index contributed by atoms with van der Waals surface area (Å²) in [6.45, 7) is -0.803. The number of pyridine rings is 2. The number of hydrogen-bond acceptors (Lipinski definition) is 5. The lowest BCUT2D eigenvalue weighted by molar-refractivity contribution is -0.129. The van der Waals surface area contributed by atoms with Crippen LogP contribution >= 0.6 is 11.6 Å². The van der Waals surface area contributed by atoms with Gasteiger partial charge in [-0.3, -0.25) is 19.7 Å². The van der Waals surface area contributed by atoms with E-state index in [0.29, 0.717) is 27.3 Å². The monoisotopic (exact) mass is 427 g/mol. The first kappa shape index (κ1) is 19.9. The van der Waals surface area contributed by atoms with E-state index in [0.717, 1.165) is 6.20 Å². The van der Waals surface area contributed by atoms with Crippen LogP contribution in [0.15, 0.2) is 60.0 Å². The van der Waals surface area contributed by atoms with E-state index in [1.54, 1.807) is 24.3 Å². The molecule has 1 atom stereocenters. The molecule has 30 heavy (non-hydrogen) atoms. The molecule has 1 aliphatic heterocycles. The fourth-order valence-electron chi connectivity index (χ4n) is 3.50. The molecular weight excluding hydrogens is 412 g/mol. The molecule has 0 spiro atoms. The Kier molecular flexibility index (Phi) is 4.95. The van der Waals surface area contributed by atoms with Crippen LogP contribution in [0.5, 0.6) is 0 Å². The van der Waals surface area contributed by atoms with Crippen molar-refractivity contribution in [2.24, 2.45) is 10.7 Å². The first-order valence-electron chi connectivity index (χ1n) is 8.92. The maximum atomic E-state index is 13.7. The summed E-state index contributed by atoms with van der Waals surface area (Å²) >= 11 is 6.36. The summed E-state index contributed by atoms with van der Waals surface area (Å²) in [5.74, 6) is -0.932. The molecule has 6 nitrogen and oxygen atoms in total. The molecule has 1 amide bonds. The van der Waals surface area contributed by atoms with Crippen molar-refractivity contribution in [1.82, 2.24) is 14.9 Å². The minimum Gasteiger partial charge on any atom is -0.369 e. The second kappa shape index (κ2) is 7.46. The highest BCUT2D eigenvalue weighted by atomic mass is 35.5. The topological polar surface area (TPSA) is 84.5 Å². The highest BCUT2D eigenvalue weighted by Crippen LogP contribution is 2.41. The van der Waals surface area contributed by atoms with Crippen LogP contribution in [0.25, 0.3) is 11.1 Å². The van der Waals surface area contributed by atoms with Gasteiger partial charge in [-0.25, -0.2) is 13.8 Å². The lowest BCUT2D eigenvalue weighted by atomic mass is 9.82. The van der Waals surface area contributed by atoms with Gasteiger partial charge in [-0.1, -0.05) is 11.6 Å². The van der Waals surface area contributed by atoms with Gasteiger partial charge in [-0.2, -0.15) is 0 Å². The molecule has 0 fully saturated rings. The van der Waals surface area contributed by atoms with Crippen molar-refractivity contribution in [1.29, 1.82) is 0 Å². The van der Waals surface area contributed by atoms with Gasteiger partial charge >= 0.3 is 0 Å². The predicted octanol–water partition coefficient (Wildman–Crippen LogP) is 3.44. The molecule has 152 valence electrons. The maximum absolute atomic E-state index is 13.7. The van der Waals surface area contributed by atoms with Gasteiger partial charge in [0.15, 0.2) is 11.5 Å². The molecule has 1 unspecified atom stereocenters. The molecule has 0 saturated heterocycles. The summed E-state index contributed by atoms with van der Waals surface area (Å²) in [7, 11) is 1.50. The Hall–Kier alpha value is -3.39. The van der Waals surface area contributed by atoms with E-state index in [-0.39, 0.29) is 11.7 Å². The number of aliphatic imine (C=N–C) groups is 1. The molecule has 2 N–H and O–H groups in total. The van der Waals surface area contributed by atoms with Gasteiger partial charge in [0.05, 0.1) is 11.9 Å². The third kappa shape index (κ3) is 3.19. The van der Waals surface area contributed by atoms with Gasteiger partial charge in [0.25, 0.3) is 5.91 Å². The van der Waals surface area contributed by atoms with E-state index < -0.39 is 23.9 Å². The number of likely N-dealkylation sites (N-methyl/N-ethyl adjacent to an activating group) is 1. The van der Waals surface area contributed by atoms with Crippen molar-refractivity contribution in [3.05, 3.63) is 82.6 Å². The maximum Gasteiger partial charge on any atom is 0.266 e. The molecule has 2 aromatic heterocycles. The molecule has 0 radical (unpaired) electrons. The second-order valence-electron chi connectivity index (χ2n) is 6.83. The molecule has 4 rings (SSSR count). The van der Waals surface area contributed by atoms with Crippen LogP contribution in [0.2, 0.25) is 5.02 Å². The summed E-state index contributed by atoms with van der Waals surface area (Å²) in [5.41, 5.74) is 6.36. The zero-order valence-corrected chi connectivity index (χ0v) is 16.6. The van der Waals surface area contributed by atoms with Crippen molar-refractivity contribution < 1.29 is 13.6 Å². The lowest BCUT2D eigenvalue weighted by Crippen LogP contribution is -2.41. The zero-order valence-electron chi connectivity index (χ0n) is 15.8. The van der Waals surface area contributed by atoms with E-state index in [9.17, 15) is 13.6 Å². The first-order chi connectivity index (χ1) is 14.3. The molecule has 0 saturated carbocycles. The van der Waals surface area contributed by atoms with Crippen LogP contribution in [0.4, 0.5) is 8.78 Å². The molecule has 3 aromatic rings. The second-order valence-corrected chi connectivity index (χ2v) is 7.27. The summed E-state index contributed by atoms with van der Waals surface area (Å²) in [6.07, 6.45) is 3.98. The highest BCUT2D eigenvalue weighted by molar-refractivity contribution is 6.31. The fourth-order valence-corrected chi connectivity index (χ4v) is 3.73. The van der Waals surface area contributed by atoms with E-state index in [2.05, 4.69) is 15.0 Å². The Balaban J connectivity index is 1.99. The number of carbonyl (C=O) groups is 1. The number of alkyl halides is 1. The largest absolute Gasteiger partial charge is 0.369 e. The van der Waals surface area contributed by atoms with Crippen LogP contribution < -0.4 is 5.73 Å². The van der Waals surface area contributed by atoms with Crippen LogP contribution in [-0.2, 0) is 17.0 Å². The quantitative estimate of drug-likeness (QED) is 0.691. The lowest BCUT2D eigenvalue weighted by Gasteiger charge is -2.27. The van der Waals surface area contributed by atoms with Crippen molar-refractivity contribution in [3.8, 4) is 11.1 Å². The predicted molar refractivity (Wildman–Crippen MR) is 109 cm³/mol. The Bertz CT molecular complexity index is 1190. The fraction of sp³-hybridized carbons (Fsp3) is 0.143. The van der Waals surface area contributed by atoms with Gasteiger partial charge in [0.2, 0.25) is 0 Å². The van der Waals surface area contributed by atoms with Crippen LogP contribution in [0, 0.1) is 5.82 Å². The molecule has 0 aliphatic carbocycles. The Labute approximate surface area is 176 Å². The molecule has 3 heterocycles. The number of carbonyl (C=O) groups excluding carboxylic acids is 1. The third-order valence-corrected chi connectivity index (χ3v) is 5.18. The van der Waals surface area contributed by atoms with Gasteiger partial charge < -0.3 is 5.73 Å². The van der Waals surface area contributed by atoms with Gasteiger partial charge in [-0.05, 0) is 53.1 Å². The molecule has 1 aromatic carbocycles. The number of guanidine groups is 1. The van der Waals surface area contributed by atoms with E-state index in [1.807, 2.05) is 0 Å². The zero-order chi connectivity index (χ0) is 21.5. The molecular formula is C21H16ClF2N5O. The van der Waals surface area contributed by atoms with Crippen molar-refractivity contribution in [3.63, 3.8) is 0 Å². The van der Waals surface area contributed by atoms with Crippen LogP contribution in [-0.4, -0.2) is 33.8 Å². The smallest absolute Gasteiger partial charge is 0.266 e. The van der Waals surface area contributed by atoms with E-state index >= 15 is 0 Å². The molecule has 0 bridgehead atoms.